The molecule has 12 heavy (non-hydrogen) atoms. The highest BCUT2D eigenvalue weighted by molar-refractivity contribution is 6.13. The maximum Gasteiger partial charge on any atom is 0.0994 e. The third-order valence-electron chi connectivity index (χ3n) is 1.54. The van der Waals surface area contributed by atoms with Crippen molar-refractivity contribution in [1.82, 2.24) is 4.94 Å². The molecule has 4 heteroatoms. The Morgan fingerprint density at radius 1 is 1.50 bits per heavy atom. The van der Waals surface area contributed by atoms with Gasteiger partial charge < -0.3 is 5.43 Å². The van der Waals surface area contributed by atoms with E-state index in [0.717, 1.165) is 11.3 Å². The molecule has 0 atom stereocenters. The van der Waals surface area contributed by atoms with Gasteiger partial charge in [0.1, 0.15) is 0 Å². The van der Waals surface area contributed by atoms with Crippen LogP contribution >= 0.6 is 11.8 Å². The van der Waals surface area contributed by atoms with Gasteiger partial charge in [-0.1, -0.05) is 0 Å². The topological polar surface area (TPSA) is 47.8 Å². The Kier molecular flexibility index (Phi) is 2.92. The highest BCUT2D eigenvalue weighted by Gasteiger charge is 1.97. The third kappa shape index (κ3) is 1.88. The number of nitriles is 1. The Bertz CT molecular complexity index is 317. The molecule has 0 radical (unpaired) electrons. The van der Waals surface area contributed by atoms with Crippen molar-refractivity contribution in [3.63, 3.8) is 0 Å². The van der Waals surface area contributed by atoms with Crippen LogP contribution in [0.5, 0.6) is 0 Å². The SMILES string of the molecule is Cc1cc(NNCl)ccc1C#N. The van der Waals surface area contributed by atoms with Crippen molar-refractivity contribution in [1.29, 1.82) is 5.26 Å². The smallest absolute Gasteiger partial charge is 0.0994 e. The van der Waals surface area contributed by atoms with Gasteiger partial charge in [-0.15, -0.1) is 4.94 Å². The number of nitrogens with one attached hydrogen (secondary N) is 2. The summed E-state index contributed by atoms with van der Waals surface area (Å²) < 4.78 is 0. The predicted molar refractivity (Wildman–Crippen MR) is 48.5 cm³/mol. The van der Waals surface area contributed by atoms with Crippen LogP contribution in [0.15, 0.2) is 18.2 Å². The monoisotopic (exact) mass is 181 g/mol. The van der Waals surface area contributed by atoms with E-state index >= 15 is 0 Å². The summed E-state index contributed by atoms with van der Waals surface area (Å²) in [6.07, 6.45) is 0. The van der Waals surface area contributed by atoms with E-state index in [1.807, 2.05) is 13.0 Å². The van der Waals surface area contributed by atoms with E-state index in [4.69, 9.17) is 17.0 Å². The van der Waals surface area contributed by atoms with Crippen molar-refractivity contribution in [3.05, 3.63) is 29.3 Å². The molecule has 0 aliphatic carbocycles. The normalized spacial score (nSPS) is 9.08. The molecule has 0 aliphatic heterocycles. The van der Waals surface area contributed by atoms with Crippen molar-refractivity contribution < 1.29 is 0 Å². The maximum atomic E-state index is 8.63. The van der Waals surface area contributed by atoms with Gasteiger partial charge in [0.15, 0.2) is 0 Å². The Morgan fingerprint density at radius 2 is 2.25 bits per heavy atom. The Balaban J connectivity index is 2.96. The number of rotatable bonds is 2. The number of benzene rings is 1. The molecule has 3 nitrogen and oxygen atoms in total. The molecule has 0 saturated heterocycles. The molecule has 0 aromatic heterocycles. The maximum absolute atomic E-state index is 8.63. The van der Waals surface area contributed by atoms with Gasteiger partial charge in [0.25, 0.3) is 0 Å². The number of hydrogen-bond acceptors (Lipinski definition) is 3. The van der Waals surface area contributed by atoms with Crippen molar-refractivity contribution in [2.75, 3.05) is 5.43 Å². The standard InChI is InChI=1S/C8H8ClN3/c1-6-4-8(11-12-9)3-2-7(6)5-10/h2-4,11-12H,1H3. The Hall–Kier alpha value is -1.24. The van der Waals surface area contributed by atoms with Crippen LogP contribution in [0.4, 0.5) is 5.69 Å². The number of hydrazine groups is 1. The minimum Gasteiger partial charge on any atom is -0.308 e. The number of halogens is 1. The van der Waals surface area contributed by atoms with Gasteiger partial charge in [0, 0.05) is 0 Å². The quantitative estimate of drug-likeness (QED) is 0.542. The van der Waals surface area contributed by atoms with E-state index in [9.17, 15) is 0 Å². The highest BCUT2D eigenvalue weighted by Crippen LogP contribution is 2.13. The first-order valence-electron chi connectivity index (χ1n) is 3.40. The summed E-state index contributed by atoms with van der Waals surface area (Å²) >= 11 is 5.24. The molecule has 1 aromatic carbocycles. The number of nitrogens with zero attached hydrogens (tertiary/aromatic N) is 1. The molecule has 0 amide bonds. The summed E-state index contributed by atoms with van der Waals surface area (Å²) in [7, 11) is 0. The summed E-state index contributed by atoms with van der Waals surface area (Å²) in [5.41, 5.74) is 5.14. The molecule has 2 N–H and O–H groups in total. The van der Waals surface area contributed by atoms with Crippen molar-refractivity contribution in [2.45, 2.75) is 6.92 Å². The summed E-state index contributed by atoms with van der Waals surface area (Å²) in [6.45, 7) is 1.87. The molecule has 0 saturated carbocycles. The van der Waals surface area contributed by atoms with E-state index in [0.29, 0.717) is 5.56 Å². The molecular formula is C8H8ClN3. The van der Waals surface area contributed by atoms with Gasteiger partial charge in [0.2, 0.25) is 0 Å². The van der Waals surface area contributed by atoms with E-state index in [-0.39, 0.29) is 0 Å². The number of aryl methyl sites for hydroxylation is 1. The highest BCUT2D eigenvalue weighted by atomic mass is 35.5. The van der Waals surface area contributed by atoms with Crippen LogP contribution in [0.2, 0.25) is 0 Å². The zero-order valence-electron chi connectivity index (χ0n) is 6.56. The van der Waals surface area contributed by atoms with Gasteiger partial charge in [-0.2, -0.15) is 5.26 Å². The number of hydrogen-bond donors (Lipinski definition) is 2. The lowest BCUT2D eigenvalue weighted by Crippen LogP contribution is -2.08. The average molecular weight is 182 g/mol. The van der Waals surface area contributed by atoms with Crippen molar-refractivity contribution in [2.24, 2.45) is 0 Å². The first-order valence-corrected chi connectivity index (χ1v) is 3.78. The minimum absolute atomic E-state index is 0.676. The molecule has 1 rings (SSSR count). The van der Waals surface area contributed by atoms with Crippen LogP contribution in [-0.4, -0.2) is 0 Å². The third-order valence-corrected chi connectivity index (χ3v) is 1.63. The predicted octanol–water partition coefficient (Wildman–Crippen LogP) is 1.94. The summed E-state index contributed by atoms with van der Waals surface area (Å²) in [6, 6.07) is 7.45. The Morgan fingerprint density at radius 3 is 2.75 bits per heavy atom. The van der Waals surface area contributed by atoms with Gasteiger partial charge in [-0.25, -0.2) is 0 Å². The van der Waals surface area contributed by atoms with E-state index < -0.39 is 0 Å². The van der Waals surface area contributed by atoms with Gasteiger partial charge in [0.05, 0.1) is 17.3 Å². The van der Waals surface area contributed by atoms with Crippen LogP contribution < -0.4 is 10.4 Å². The fourth-order valence-corrected chi connectivity index (χ4v) is 1.03. The molecular weight excluding hydrogens is 174 g/mol. The second-order valence-electron chi connectivity index (χ2n) is 2.36. The molecule has 0 bridgehead atoms. The molecule has 0 spiro atoms. The van der Waals surface area contributed by atoms with Gasteiger partial charge in [-0.05, 0) is 42.5 Å². The van der Waals surface area contributed by atoms with Crippen LogP contribution in [-0.2, 0) is 0 Å². The van der Waals surface area contributed by atoms with Gasteiger partial charge >= 0.3 is 0 Å². The number of anilines is 1. The average Bonchev–Trinajstić information content (AvgIpc) is 2.05. The molecule has 1 aromatic rings. The summed E-state index contributed by atoms with van der Waals surface area (Å²) in [5, 5.41) is 8.63. The van der Waals surface area contributed by atoms with Crippen LogP contribution in [0, 0.1) is 18.3 Å². The van der Waals surface area contributed by atoms with Crippen LogP contribution in [0.25, 0.3) is 0 Å². The first-order chi connectivity index (χ1) is 5.77. The Labute approximate surface area is 76.0 Å². The summed E-state index contributed by atoms with van der Waals surface area (Å²) in [5.74, 6) is 0. The van der Waals surface area contributed by atoms with Crippen molar-refractivity contribution >= 4 is 17.5 Å². The molecule has 0 fully saturated rings. The molecule has 0 unspecified atom stereocenters. The largest absolute Gasteiger partial charge is 0.308 e. The fraction of sp³-hybridized carbons (Fsp3) is 0.125. The van der Waals surface area contributed by atoms with E-state index in [1.165, 1.54) is 0 Å². The zero-order valence-corrected chi connectivity index (χ0v) is 7.31. The van der Waals surface area contributed by atoms with Gasteiger partial charge in [-0.3, -0.25) is 0 Å². The lowest BCUT2D eigenvalue weighted by Gasteiger charge is -2.03. The molecule has 62 valence electrons. The lowest BCUT2D eigenvalue weighted by atomic mass is 10.1. The van der Waals surface area contributed by atoms with Crippen LogP contribution in [0.1, 0.15) is 11.1 Å². The zero-order chi connectivity index (χ0) is 8.97. The van der Waals surface area contributed by atoms with Crippen LogP contribution in [0.3, 0.4) is 0 Å². The fourth-order valence-electron chi connectivity index (χ4n) is 0.921. The second-order valence-corrected chi connectivity index (χ2v) is 2.55. The van der Waals surface area contributed by atoms with E-state index in [1.54, 1.807) is 12.1 Å². The van der Waals surface area contributed by atoms with E-state index in [2.05, 4.69) is 16.4 Å². The molecule has 0 aliphatic rings. The first kappa shape index (κ1) is 8.85. The second kappa shape index (κ2) is 3.96. The molecule has 0 heterocycles. The summed E-state index contributed by atoms with van der Waals surface area (Å²) in [4.78, 5) is 2.29. The minimum atomic E-state index is 0.676. The lowest BCUT2D eigenvalue weighted by molar-refractivity contribution is 1.19. The van der Waals surface area contributed by atoms with Crippen molar-refractivity contribution in [3.8, 4) is 6.07 Å².